The van der Waals surface area contributed by atoms with Crippen LogP contribution < -0.4 is 5.32 Å². The molecule has 21 heavy (non-hydrogen) atoms. The molecule has 3 nitrogen and oxygen atoms in total. The molecule has 104 valence electrons. The van der Waals surface area contributed by atoms with Gasteiger partial charge in [0.2, 0.25) is 0 Å². The quantitative estimate of drug-likeness (QED) is 0.561. The van der Waals surface area contributed by atoms with Crippen LogP contribution in [0.15, 0.2) is 35.2 Å². The average molecular weight is 312 g/mol. The van der Waals surface area contributed by atoms with Crippen LogP contribution in [0.3, 0.4) is 0 Å². The molecular weight excluding hydrogens is 300 g/mol. The Morgan fingerprint density at radius 2 is 2.05 bits per heavy atom. The molecule has 4 rings (SSSR count). The molecule has 1 aromatic heterocycles. The molecule has 0 spiro atoms. The van der Waals surface area contributed by atoms with Gasteiger partial charge in [0.1, 0.15) is 0 Å². The predicted molar refractivity (Wildman–Crippen MR) is 89.8 cm³/mol. The second-order valence-corrected chi connectivity index (χ2v) is 6.51. The summed E-state index contributed by atoms with van der Waals surface area (Å²) in [6.45, 7) is 0. The SMILES string of the molecule is CNc1ccc(SC)c2c1C(=O)c1cccc3snc-2c13. The van der Waals surface area contributed by atoms with Crippen LogP contribution in [0.5, 0.6) is 0 Å². The Morgan fingerprint density at radius 3 is 2.81 bits per heavy atom. The third-order valence-electron chi connectivity index (χ3n) is 3.86. The van der Waals surface area contributed by atoms with E-state index in [1.54, 1.807) is 11.8 Å². The van der Waals surface area contributed by atoms with E-state index in [-0.39, 0.29) is 5.78 Å². The maximum atomic E-state index is 13.0. The van der Waals surface area contributed by atoms with Crippen molar-refractivity contribution < 1.29 is 4.79 Å². The topological polar surface area (TPSA) is 42.0 Å². The van der Waals surface area contributed by atoms with E-state index in [1.807, 2.05) is 37.6 Å². The molecule has 0 bridgehead atoms. The Bertz CT molecular complexity index is 899. The van der Waals surface area contributed by atoms with Crippen LogP contribution >= 0.6 is 23.3 Å². The molecule has 0 fully saturated rings. The van der Waals surface area contributed by atoms with Gasteiger partial charge in [-0.25, -0.2) is 0 Å². The van der Waals surface area contributed by atoms with E-state index in [2.05, 4.69) is 15.8 Å². The van der Waals surface area contributed by atoms with Crippen molar-refractivity contribution in [2.24, 2.45) is 0 Å². The number of carbonyl (C=O) groups excluding carboxylic acids is 1. The van der Waals surface area contributed by atoms with E-state index in [0.29, 0.717) is 0 Å². The van der Waals surface area contributed by atoms with E-state index in [4.69, 9.17) is 0 Å². The number of carbonyl (C=O) groups is 1. The zero-order chi connectivity index (χ0) is 14.6. The number of thioether (sulfide) groups is 1. The highest BCUT2D eigenvalue weighted by Crippen LogP contribution is 2.46. The van der Waals surface area contributed by atoms with Crippen molar-refractivity contribution in [3.63, 3.8) is 0 Å². The number of hydrogen-bond donors (Lipinski definition) is 1. The summed E-state index contributed by atoms with van der Waals surface area (Å²) < 4.78 is 5.71. The van der Waals surface area contributed by atoms with Gasteiger partial charge in [0, 0.05) is 34.1 Å². The van der Waals surface area contributed by atoms with E-state index in [0.717, 1.165) is 43.1 Å². The lowest BCUT2D eigenvalue weighted by Crippen LogP contribution is -2.12. The lowest BCUT2D eigenvalue weighted by atomic mass is 9.86. The van der Waals surface area contributed by atoms with Crippen LogP contribution in [0, 0.1) is 0 Å². The summed E-state index contributed by atoms with van der Waals surface area (Å²) in [5.41, 5.74) is 4.29. The Morgan fingerprint density at radius 1 is 1.19 bits per heavy atom. The first-order valence-corrected chi connectivity index (χ1v) is 8.58. The van der Waals surface area contributed by atoms with Gasteiger partial charge in [0.25, 0.3) is 0 Å². The van der Waals surface area contributed by atoms with Crippen molar-refractivity contribution >= 4 is 44.9 Å². The number of nitrogens with one attached hydrogen (secondary N) is 1. The first-order valence-electron chi connectivity index (χ1n) is 6.58. The van der Waals surface area contributed by atoms with Crippen molar-refractivity contribution in [2.75, 3.05) is 18.6 Å². The molecule has 0 amide bonds. The molecule has 0 saturated carbocycles. The number of rotatable bonds is 2. The van der Waals surface area contributed by atoms with Crippen LogP contribution in [0.1, 0.15) is 15.9 Å². The standard InChI is InChI=1S/C16H12N2OS2/c1-17-9-6-7-10(20-2)14-13(9)16(19)8-4-3-5-11-12(8)15(14)18-21-11/h3-7,17H,1-2H3. The van der Waals surface area contributed by atoms with Gasteiger partial charge in [-0.2, -0.15) is 4.37 Å². The number of ketones is 1. The summed E-state index contributed by atoms with van der Waals surface area (Å²) >= 11 is 3.11. The molecule has 3 aromatic rings. The van der Waals surface area contributed by atoms with Gasteiger partial charge in [0.05, 0.1) is 16.0 Å². The Balaban J connectivity index is 2.21. The molecule has 1 heterocycles. The Kier molecular flexibility index (Phi) is 2.80. The zero-order valence-corrected chi connectivity index (χ0v) is 13.2. The van der Waals surface area contributed by atoms with Gasteiger partial charge < -0.3 is 5.32 Å². The van der Waals surface area contributed by atoms with Crippen LogP contribution in [0.4, 0.5) is 5.69 Å². The number of hydrogen-bond acceptors (Lipinski definition) is 5. The molecule has 0 radical (unpaired) electrons. The fourth-order valence-electron chi connectivity index (χ4n) is 2.92. The molecule has 2 aromatic carbocycles. The third-order valence-corrected chi connectivity index (χ3v) is 5.45. The van der Waals surface area contributed by atoms with Crippen molar-refractivity contribution in [3.8, 4) is 11.3 Å². The molecular formula is C16H12N2OS2. The van der Waals surface area contributed by atoms with Crippen molar-refractivity contribution in [1.82, 2.24) is 4.37 Å². The number of benzene rings is 2. The van der Waals surface area contributed by atoms with E-state index < -0.39 is 0 Å². The lowest BCUT2D eigenvalue weighted by molar-refractivity contribution is 0.104. The highest BCUT2D eigenvalue weighted by atomic mass is 32.2. The predicted octanol–water partition coefficient (Wildman–Crippen LogP) is 4.27. The summed E-state index contributed by atoms with van der Waals surface area (Å²) in [6.07, 6.45) is 2.03. The number of fused-ring (bicyclic) bond motifs is 2. The fourth-order valence-corrected chi connectivity index (χ4v) is 4.34. The summed E-state index contributed by atoms with van der Waals surface area (Å²) in [7, 11) is 1.85. The molecule has 5 heteroatoms. The second kappa shape index (κ2) is 4.58. The smallest absolute Gasteiger partial charge is 0.196 e. The second-order valence-electron chi connectivity index (χ2n) is 4.85. The molecule has 0 unspecified atom stereocenters. The first-order chi connectivity index (χ1) is 10.3. The molecule has 1 N–H and O–H groups in total. The summed E-state index contributed by atoms with van der Waals surface area (Å²) in [5.74, 6) is 0.0866. The maximum Gasteiger partial charge on any atom is 0.196 e. The highest BCUT2D eigenvalue weighted by molar-refractivity contribution is 7.98. The highest BCUT2D eigenvalue weighted by Gasteiger charge is 2.31. The van der Waals surface area contributed by atoms with Crippen molar-refractivity contribution in [2.45, 2.75) is 4.90 Å². The monoisotopic (exact) mass is 312 g/mol. The third kappa shape index (κ3) is 1.61. The van der Waals surface area contributed by atoms with Crippen LogP contribution in [0.25, 0.3) is 21.3 Å². The Labute approximate surface area is 130 Å². The zero-order valence-electron chi connectivity index (χ0n) is 11.6. The molecule has 1 aliphatic rings. The molecule has 0 saturated heterocycles. The summed E-state index contributed by atoms with van der Waals surface area (Å²) in [6, 6.07) is 9.89. The van der Waals surface area contributed by atoms with Crippen molar-refractivity contribution in [3.05, 3.63) is 41.5 Å². The van der Waals surface area contributed by atoms with Crippen molar-refractivity contribution in [1.29, 1.82) is 0 Å². The summed E-state index contributed by atoms with van der Waals surface area (Å²) in [5, 5.41) is 4.14. The number of anilines is 1. The largest absolute Gasteiger partial charge is 0.388 e. The molecule has 1 aliphatic carbocycles. The maximum absolute atomic E-state index is 13.0. The van der Waals surface area contributed by atoms with Gasteiger partial charge in [-0.1, -0.05) is 12.1 Å². The van der Waals surface area contributed by atoms with Gasteiger partial charge in [0.15, 0.2) is 5.78 Å². The first kappa shape index (κ1) is 12.9. The fraction of sp³-hybridized carbons (Fsp3) is 0.125. The van der Waals surface area contributed by atoms with Gasteiger partial charge in [-0.15, -0.1) is 11.8 Å². The van der Waals surface area contributed by atoms with Crippen LogP contribution in [-0.2, 0) is 0 Å². The number of aromatic nitrogens is 1. The minimum Gasteiger partial charge on any atom is -0.388 e. The van der Waals surface area contributed by atoms with Gasteiger partial charge >= 0.3 is 0 Å². The van der Waals surface area contributed by atoms with Gasteiger partial charge in [-0.05, 0) is 36.0 Å². The summed E-state index contributed by atoms with van der Waals surface area (Å²) in [4.78, 5) is 14.1. The minimum atomic E-state index is 0.0866. The van der Waals surface area contributed by atoms with E-state index >= 15 is 0 Å². The average Bonchev–Trinajstić information content (AvgIpc) is 2.96. The normalized spacial score (nSPS) is 12.6. The minimum absolute atomic E-state index is 0.0866. The van der Waals surface area contributed by atoms with Crippen LogP contribution in [-0.4, -0.2) is 23.5 Å². The molecule has 0 aliphatic heterocycles. The lowest BCUT2D eigenvalue weighted by Gasteiger charge is -2.20. The number of nitrogens with zero attached hydrogens (tertiary/aromatic N) is 1. The van der Waals surface area contributed by atoms with E-state index in [1.165, 1.54) is 11.5 Å². The Hall–Kier alpha value is -1.85. The van der Waals surface area contributed by atoms with E-state index in [9.17, 15) is 4.79 Å². The van der Waals surface area contributed by atoms with Crippen LogP contribution in [0.2, 0.25) is 0 Å². The van der Waals surface area contributed by atoms with Gasteiger partial charge in [-0.3, -0.25) is 4.79 Å². The molecule has 0 atom stereocenters.